The number of aromatic nitrogens is 4. The van der Waals surface area contributed by atoms with E-state index in [9.17, 15) is 10.2 Å². The number of hydrogen-bond donors (Lipinski definition) is 3. The van der Waals surface area contributed by atoms with Crippen molar-refractivity contribution in [2.24, 2.45) is 11.7 Å². The molecule has 9 heteroatoms. The Kier molecular flexibility index (Phi) is 6.71. The van der Waals surface area contributed by atoms with E-state index in [4.69, 9.17) is 5.73 Å². The van der Waals surface area contributed by atoms with Crippen molar-refractivity contribution in [2.45, 2.75) is 82.0 Å². The van der Waals surface area contributed by atoms with E-state index in [1.807, 2.05) is 26.1 Å². The summed E-state index contributed by atoms with van der Waals surface area (Å²) in [7, 11) is 0. The Morgan fingerprint density at radius 1 is 1.05 bits per heavy atom. The summed E-state index contributed by atoms with van der Waals surface area (Å²) in [4.78, 5) is 8.92. The molecule has 4 atom stereocenters. The molecule has 0 unspecified atom stereocenters. The van der Waals surface area contributed by atoms with Crippen LogP contribution in [0.3, 0.4) is 0 Å². The lowest BCUT2D eigenvalue weighted by atomic mass is 9.67. The van der Waals surface area contributed by atoms with Gasteiger partial charge in [-0.2, -0.15) is 5.10 Å². The third kappa shape index (κ3) is 4.60. The van der Waals surface area contributed by atoms with E-state index in [1.165, 1.54) is 12.1 Å². The van der Waals surface area contributed by atoms with Gasteiger partial charge in [0, 0.05) is 24.9 Å². The number of hydrogen-bond acceptors (Lipinski definition) is 6. The highest BCUT2D eigenvalue weighted by molar-refractivity contribution is 5.63. The van der Waals surface area contributed by atoms with E-state index in [0.717, 1.165) is 30.4 Å². The fourth-order valence-electron chi connectivity index (χ4n) is 6.60. The molecule has 3 aromatic heterocycles. The number of imidazole rings is 1. The van der Waals surface area contributed by atoms with Crippen LogP contribution in [0.5, 0.6) is 0 Å². The molecule has 1 aromatic carbocycles. The molecule has 2 fully saturated rings. The lowest BCUT2D eigenvalue weighted by molar-refractivity contribution is -0.0464. The molecule has 210 valence electrons. The highest BCUT2D eigenvalue weighted by Gasteiger charge is 2.42. The van der Waals surface area contributed by atoms with Crippen LogP contribution >= 0.6 is 0 Å². The molecule has 2 saturated carbocycles. The fraction of sp³-hybridized carbons (Fsp3) is 0.452. The molecular formula is C31H35F2N5O2. The van der Waals surface area contributed by atoms with Gasteiger partial charge in [-0.15, -0.1) is 0 Å². The van der Waals surface area contributed by atoms with Crippen LogP contribution in [0.25, 0.3) is 16.8 Å². The number of rotatable bonds is 5. The molecule has 0 aliphatic heterocycles. The summed E-state index contributed by atoms with van der Waals surface area (Å²) >= 11 is 0. The first-order valence-corrected chi connectivity index (χ1v) is 14.0. The largest absolute Gasteiger partial charge is 0.388 e. The maximum atomic E-state index is 15.3. The molecule has 6 rings (SSSR count). The van der Waals surface area contributed by atoms with Crippen molar-refractivity contribution >= 4 is 5.52 Å². The molecule has 0 amide bonds. The maximum absolute atomic E-state index is 15.3. The SMILES string of the molecule is C[C@H]1C[C@@H](c2ccncc2Cc2ncc3ccc(-c4c(F)cc(C5(O)CCCC5)cc4F)nn23)C[C@@H](N)[C@]1(C)O. The summed E-state index contributed by atoms with van der Waals surface area (Å²) in [6, 6.07) is 7.45. The predicted molar refractivity (Wildman–Crippen MR) is 147 cm³/mol. The van der Waals surface area contributed by atoms with E-state index >= 15 is 8.78 Å². The summed E-state index contributed by atoms with van der Waals surface area (Å²) in [6.07, 6.45) is 9.78. The normalized spacial score (nSPS) is 26.4. The van der Waals surface area contributed by atoms with E-state index < -0.39 is 22.8 Å². The van der Waals surface area contributed by atoms with Crippen LogP contribution in [-0.2, 0) is 12.0 Å². The molecule has 3 heterocycles. The molecule has 0 spiro atoms. The summed E-state index contributed by atoms with van der Waals surface area (Å²) in [5.74, 6) is -0.698. The van der Waals surface area contributed by atoms with Gasteiger partial charge < -0.3 is 15.9 Å². The van der Waals surface area contributed by atoms with Crippen LogP contribution in [0.15, 0.2) is 48.9 Å². The lowest BCUT2D eigenvalue weighted by Crippen LogP contribution is -2.54. The van der Waals surface area contributed by atoms with Gasteiger partial charge in [0.15, 0.2) is 0 Å². The minimum atomic E-state index is -1.19. The van der Waals surface area contributed by atoms with Crippen LogP contribution < -0.4 is 5.73 Å². The smallest absolute Gasteiger partial charge is 0.136 e. The fourth-order valence-corrected chi connectivity index (χ4v) is 6.60. The highest BCUT2D eigenvalue weighted by Crippen LogP contribution is 2.42. The summed E-state index contributed by atoms with van der Waals surface area (Å²) < 4.78 is 32.3. The zero-order chi connectivity index (χ0) is 28.2. The van der Waals surface area contributed by atoms with Crippen LogP contribution in [0.2, 0.25) is 0 Å². The van der Waals surface area contributed by atoms with Gasteiger partial charge in [0.25, 0.3) is 0 Å². The van der Waals surface area contributed by atoms with E-state index in [2.05, 4.69) is 15.1 Å². The van der Waals surface area contributed by atoms with Crippen LogP contribution in [0.4, 0.5) is 8.78 Å². The molecule has 0 saturated heterocycles. The molecule has 0 bridgehead atoms. The van der Waals surface area contributed by atoms with Gasteiger partial charge in [-0.25, -0.2) is 18.3 Å². The number of fused-ring (bicyclic) bond motifs is 1. The molecule has 2 aliphatic carbocycles. The number of nitrogens with two attached hydrogens (primary N) is 1. The van der Waals surface area contributed by atoms with Gasteiger partial charge in [0.1, 0.15) is 17.5 Å². The molecule has 4 N–H and O–H groups in total. The van der Waals surface area contributed by atoms with Crippen molar-refractivity contribution in [3.63, 3.8) is 0 Å². The first-order valence-electron chi connectivity index (χ1n) is 14.0. The van der Waals surface area contributed by atoms with Gasteiger partial charge in [-0.3, -0.25) is 4.98 Å². The maximum Gasteiger partial charge on any atom is 0.136 e. The summed E-state index contributed by atoms with van der Waals surface area (Å²) in [5.41, 5.74) is 7.24. The Morgan fingerprint density at radius 3 is 2.48 bits per heavy atom. The van der Waals surface area contributed by atoms with Crippen molar-refractivity contribution in [3.05, 3.63) is 83.1 Å². The van der Waals surface area contributed by atoms with Crippen LogP contribution in [-0.4, -0.2) is 41.4 Å². The minimum Gasteiger partial charge on any atom is -0.388 e. The molecule has 2 aliphatic rings. The summed E-state index contributed by atoms with van der Waals surface area (Å²) in [6.45, 7) is 3.83. The van der Waals surface area contributed by atoms with Gasteiger partial charge in [-0.1, -0.05) is 19.8 Å². The Bertz CT molecular complexity index is 1530. The molecular weight excluding hydrogens is 512 g/mol. The molecule has 40 heavy (non-hydrogen) atoms. The first kappa shape index (κ1) is 26.9. The van der Waals surface area contributed by atoms with Gasteiger partial charge in [0.2, 0.25) is 0 Å². The summed E-state index contributed by atoms with van der Waals surface area (Å²) in [5, 5.41) is 26.2. The monoisotopic (exact) mass is 547 g/mol. The average molecular weight is 548 g/mol. The minimum absolute atomic E-state index is 0.0318. The molecule has 4 aromatic rings. The second-order valence-electron chi connectivity index (χ2n) is 11.9. The van der Waals surface area contributed by atoms with Crippen LogP contribution in [0.1, 0.15) is 80.8 Å². The van der Waals surface area contributed by atoms with Crippen molar-refractivity contribution in [2.75, 3.05) is 0 Å². The van der Waals surface area contributed by atoms with Crippen LogP contribution in [0, 0.1) is 17.6 Å². The molecule has 7 nitrogen and oxygen atoms in total. The van der Waals surface area contributed by atoms with Crippen molar-refractivity contribution in [3.8, 4) is 11.3 Å². The predicted octanol–water partition coefficient (Wildman–Crippen LogP) is 5.01. The van der Waals surface area contributed by atoms with Crippen molar-refractivity contribution < 1.29 is 19.0 Å². The number of halogens is 2. The Hall–Kier alpha value is -3.27. The number of aliphatic hydroxyl groups is 2. The lowest BCUT2D eigenvalue weighted by Gasteiger charge is -2.44. The first-order chi connectivity index (χ1) is 19.1. The van der Waals surface area contributed by atoms with Gasteiger partial charge in [0.05, 0.1) is 34.2 Å². The van der Waals surface area contributed by atoms with E-state index in [0.29, 0.717) is 37.0 Å². The zero-order valence-electron chi connectivity index (χ0n) is 22.8. The second kappa shape index (κ2) is 9.98. The third-order valence-corrected chi connectivity index (χ3v) is 9.38. The standard InChI is InChI=1S/C31H35F2N5O2/c1-18-11-19(12-27(34)30(18,2)39)23-7-10-35-16-20(23)13-28-36-17-22-5-6-26(37-38(22)28)29-24(32)14-21(15-25(29)33)31(40)8-3-4-9-31/h5-7,10,14-19,27,39-40H,3-4,8-9,11-13,34H2,1-2H3/t18-,19+,27+,30+/m0/s1. The third-order valence-electron chi connectivity index (χ3n) is 9.38. The van der Waals surface area contributed by atoms with Crippen molar-refractivity contribution in [1.29, 1.82) is 0 Å². The van der Waals surface area contributed by atoms with E-state index in [-0.39, 0.29) is 34.7 Å². The number of nitrogens with zero attached hydrogens (tertiary/aromatic N) is 4. The average Bonchev–Trinajstić information content (AvgIpc) is 3.54. The number of benzene rings is 1. The quantitative estimate of drug-likeness (QED) is 0.324. The molecule has 0 radical (unpaired) electrons. The second-order valence-corrected chi connectivity index (χ2v) is 11.9. The topological polar surface area (TPSA) is 110 Å². The zero-order valence-corrected chi connectivity index (χ0v) is 22.8. The van der Waals surface area contributed by atoms with E-state index in [1.54, 1.807) is 29.0 Å². The van der Waals surface area contributed by atoms with Crippen molar-refractivity contribution in [1.82, 2.24) is 19.6 Å². The number of pyridine rings is 1. The Balaban J connectivity index is 1.33. The Morgan fingerprint density at radius 2 is 1.77 bits per heavy atom. The Labute approximate surface area is 232 Å². The van der Waals surface area contributed by atoms with Gasteiger partial charge in [-0.05, 0) is 91.5 Å². The van der Waals surface area contributed by atoms with Gasteiger partial charge >= 0.3 is 0 Å². The highest BCUT2D eigenvalue weighted by atomic mass is 19.1.